The molecular weight excluding hydrogens is 276 g/mol. The Morgan fingerprint density at radius 2 is 1.90 bits per heavy atom. The maximum absolute atomic E-state index is 11.5. The van der Waals surface area contributed by atoms with Crippen LogP contribution in [-0.2, 0) is 0 Å². The molecule has 104 valence electrons. The maximum Gasteiger partial charge on any atom is 0.340 e. The smallest absolute Gasteiger partial charge is 0.340 e. The van der Waals surface area contributed by atoms with Crippen molar-refractivity contribution in [3.8, 4) is 5.69 Å². The molecule has 20 heavy (non-hydrogen) atoms. The molecule has 0 aliphatic heterocycles. The van der Waals surface area contributed by atoms with E-state index in [-0.39, 0.29) is 16.6 Å². The Hall–Kier alpha value is -1.81. The predicted molar refractivity (Wildman–Crippen MR) is 76.7 cm³/mol. The van der Waals surface area contributed by atoms with Crippen molar-refractivity contribution in [2.75, 3.05) is 0 Å². The van der Waals surface area contributed by atoms with Gasteiger partial charge in [-0.1, -0.05) is 42.6 Å². The number of carboxylic acid groups (broad SMARTS) is 1. The minimum atomic E-state index is -1.00. The van der Waals surface area contributed by atoms with E-state index in [1.807, 2.05) is 30.3 Å². The fourth-order valence-electron chi connectivity index (χ4n) is 2.84. The van der Waals surface area contributed by atoms with Crippen LogP contribution >= 0.6 is 11.6 Å². The molecule has 0 spiro atoms. The zero-order valence-electron chi connectivity index (χ0n) is 10.9. The fourth-order valence-corrected chi connectivity index (χ4v) is 3.15. The summed E-state index contributed by atoms with van der Waals surface area (Å²) in [6.07, 6.45) is 4.23. The van der Waals surface area contributed by atoms with Gasteiger partial charge in [0, 0.05) is 5.92 Å². The standard InChI is InChI=1S/C15H15ClN2O2/c16-14-12(15(19)20)13(10-6-4-5-7-10)17-18(14)11-8-2-1-3-9-11/h1-3,8-10H,4-7H2,(H,19,20). The molecule has 1 aromatic heterocycles. The molecule has 4 nitrogen and oxygen atoms in total. The summed E-state index contributed by atoms with van der Waals surface area (Å²) in [5.41, 5.74) is 1.57. The van der Waals surface area contributed by atoms with Crippen LogP contribution in [0.15, 0.2) is 30.3 Å². The lowest BCUT2D eigenvalue weighted by Crippen LogP contribution is -2.04. The first kappa shape index (κ1) is 13.2. The second kappa shape index (κ2) is 5.29. The zero-order valence-corrected chi connectivity index (χ0v) is 11.7. The molecule has 1 fully saturated rings. The van der Waals surface area contributed by atoms with Crippen molar-refractivity contribution in [2.45, 2.75) is 31.6 Å². The molecule has 0 atom stereocenters. The topological polar surface area (TPSA) is 55.1 Å². The first-order chi connectivity index (χ1) is 9.68. The third-order valence-electron chi connectivity index (χ3n) is 3.81. The number of carbonyl (C=O) groups is 1. The number of hydrogen-bond acceptors (Lipinski definition) is 2. The lowest BCUT2D eigenvalue weighted by atomic mass is 10.0. The molecular formula is C15H15ClN2O2. The summed E-state index contributed by atoms with van der Waals surface area (Å²) in [5.74, 6) is -0.789. The molecule has 1 saturated carbocycles. The maximum atomic E-state index is 11.5. The Bertz CT molecular complexity index is 631. The second-order valence-electron chi connectivity index (χ2n) is 5.08. The Balaban J connectivity index is 2.13. The van der Waals surface area contributed by atoms with Gasteiger partial charge in [-0.2, -0.15) is 5.10 Å². The van der Waals surface area contributed by atoms with Gasteiger partial charge in [0.05, 0.1) is 11.4 Å². The third kappa shape index (κ3) is 2.20. The molecule has 0 radical (unpaired) electrons. The van der Waals surface area contributed by atoms with Gasteiger partial charge in [-0.15, -0.1) is 0 Å². The molecule has 1 aliphatic carbocycles. The van der Waals surface area contributed by atoms with E-state index in [2.05, 4.69) is 5.10 Å². The number of nitrogens with zero attached hydrogens (tertiary/aromatic N) is 2. The van der Waals surface area contributed by atoms with Crippen molar-refractivity contribution in [1.82, 2.24) is 9.78 Å². The Morgan fingerprint density at radius 1 is 1.25 bits per heavy atom. The van der Waals surface area contributed by atoms with Gasteiger partial charge in [0.25, 0.3) is 0 Å². The van der Waals surface area contributed by atoms with Gasteiger partial charge in [0.15, 0.2) is 0 Å². The molecule has 0 amide bonds. The van der Waals surface area contributed by atoms with Crippen LogP contribution < -0.4 is 0 Å². The van der Waals surface area contributed by atoms with Gasteiger partial charge < -0.3 is 5.11 Å². The van der Waals surface area contributed by atoms with Crippen LogP contribution in [0.4, 0.5) is 0 Å². The van der Waals surface area contributed by atoms with E-state index in [0.29, 0.717) is 5.69 Å². The lowest BCUT2D eigenvalue weighted by molar-refractivity contribution is 0.0695. The van der Waals surface area contributed by atoms with Crippen molar-refractivity contribution < 1.29 is 9.90 Å². The van der Waals surface area contributed by atoms with E-state index < -0.39 is 5.97 Å². The first-order valence-electron chi connectivity index (χ1n) is 6.75. The van der Waals surface area contributed by atoms with Crippen molar-refractivity contribution >= 4 is 17.6 Å². The van der Waals surface area contributed by atoms with Gasteiger partial charge in [0.2, 0.25) is 0 Å². The molecule has 0 saturated heterocycles. The highest BCUT2D eigenvalue weighted by Gasteiger charge is 2.30. The van der Waals surface area contributed by atoms with Crippen LogP contribution in [-0.4, -0.2) is 20.9 Å². The molecule has 0 unspecified atom stereocenters. The minimum absolute atomic E-state index is 0.155. The number of rotatable bonds is 3. The fraction of sp³-hybridized carbons (Fsp3) is 0.333. The molecule has 0 bridgehead atoms. The summed E-state index contributed by atoms with van der Waals surface area (Å²) >= 11 is 6.26. The highest BCUT2D eigenvalue weighted by molar-refractivity contribution is 6.33. The largest absolute Gasteiger partial charge is 0.478 e. The van der Waals surface area contributed by atoms with E-state index in [1.54, 1.807) is 0 Å². The SMILES string of the molecule is O=C(O)c1c(C2CCCC2)nn(-c2ccccc2)c1Cl. The average molecular weight is 291 g/mol. The quantitative estimate of drug-likeness (QED) is 0.933. The number of carboxylic acids is 1. The Labute approximate surface area is 122 Å². The summed E-state index contributed by atoms with van der Waals surface area (Å²) in [6.45, 7) is 0. The van der Waals surface area contributed by atoms with Crippen LogP contribution in [0, 0.1) is 0 Å². The first-order valence-corrected chi connectivity index (χ1v) is 7.13. The van der Waals surface area contributed by atoms with Crippen LogP contribution in [0.1, 0.15) is 47.7 Å². The van der Waals surface area contributed by atoms with E-state index in [4.69, 9.17) is 11.6 Å². The summed E-state index contributed by atoms with van der Waals surface area (Å²) in [7, 11) is 0. The van der Waals surface area contributed by atoms with Crippen LogP contribution in [0.3, 0.4) is 0 Å². The van der Waals surface area contributed by atoms with Crippen molar-refractivity contribution in [2.24, 2.45) is 0 Å². The minimum Gasteiger partial charge on any atom is -0.478 e. The summed E-state index contributed by atoms with van der Waals surface area (Å²) in [4.78, 5) is 11.5. The molecule has 1 aromatic carbocycles. The van der Waals surface area contributed by atoms with Gasteiger partial charge in [-0.3, -0.25) is 0 Å². The molecule has 1 N–H and O–H groups in total. The molecule has 2 aromatic rings. The number of hydrogen-bond donors (Lipinski definition) is 1. The van der Waals surface area contributed by atoms with E-state index in [0.717, 1.165) is 31.4 Å². The van der Waals surface area contributed by atoms with E-state index in [1.165, 1.54) is 4.68 Å². The van der Waals surface area contributed by atoms with Crippen LogP contribution in [0.5, 0.6) is 0 Å². The Kier molecular flexibility index (Phi) is 3.49. The number of benzene rings is 1. The van der Waals surface area contributed by atoms with Crippen molar-refractivity contribution in [1.29, 1.82) is 0 Å². The molecule has 1 aliphatic rings. The number of aromatic carboxylic acids is 1. The highest BCUT2D eigenvalue weighted by Crippen LogP contribution is 2.37. The van der Waals surface area contributed by atoms with Gasteiger partial charge in [-0.25, -0.2) is 9.48 Å². The van der Waals surface area contributed by atoms with E-state index in [9.17, 15) is 9.90 Å². The lowest BCUT2D eigenvalue weighted by Gasteiger charge is -2.05. The second-order valence-corrected chi connectivity index (χ2v) is 5.44. The highest BCUT2D eigenvalue weighted by atomic mass is 35.5. The number of halogens is 1. The predicted octanol–water partition coefficient (Wildman–Crippen LogP) is 3.88. The average Bonchev–Trinajstić information content (AvgIpc) is 3.06. The van der Waals surface area contributed by atoms with Crippen LogP contribution in [0.2, 0.25) is 5.15 Å². The summed E-state index contributed by atoms with van der Waals surface area (Å²) in [5, 5.41) is 14.1. The molecule has 5 heteroatoms. The van der Waals surface area contributed by atoms with Crippen molar-refractivity contribution in [3.63, 3.8) is 0 Å². The Morgan fingerprint density at radius 3 is 2.50 bits per heavy atom. The molecule has 1 heterocycles. The van der Waals surface area contributed by atoms with Gasteiger partial charge in [-0.05, 0) is 25.0 Å². The summed E-state index contributed by atoms with van der Waals surface area (Å²) in [6, 6.07) is 9.38. The molecule has 3 rings (SSSR count). The normalized spacial score (nSPS) is 15.7. The summed E-state index contributed by atoms with van der Waals surface area (Å²) < 4.78 is 1.53. The van der Waals surface area contributed by atoms with Gasteiger partial charge >= 0.3 is 5.97 Å². The number of para-hydroxylation sites is 1. The van der Waals surface area contributed by atoms with E-state index >= 15 is 0 Å². The third-order valence-corrected chi connectivity index (χ3v) is 4.16. The number of aromatic nitrogens is 2. The van der Waals surface area contributed by atoms with Crippen molar-refractivity contribution in [3.05, 3.63) is 46.7 Å². The van der Waals surface area contributed by atoms with Crippen LogP contribution in [0.25, 0.3) is 5.69 Å². The monoisotopic (exact) mass is 290 g/mol. The van der Waals surface area contributed by atoms with Gasteiger partial charge in [0.1, 0.15) is 10.7 Å². The zero-order chi connectivity index (χ0) is 14.1.